The summed E-state index contributed by atoms with van der Waals surface area (Å²) in [6.45, 7) is 7.58. The van der Waals surface area contributed by atoms with Gasteiger partial charge in [0.25, 0.3) is 0 Å². The maximum Gasteiger partial charge on any atom is 0.338 e. The molecule has 1 aromatic carbocycles. The van der Waals surface area contributed by atoms with Crippen molar-refractivity contribution >= 4 is 11.9 Å². The Kier molecular flexibility index (Phi) is 7.73. The van der Waals surface area contributed by atoms with Gasteiger partial charge >= 0.3 is 5.97 Å². The van der Waals surface area contributed by atoms with E-state index in [1.54, 1.807) is 26.1 Å². The quantitative estimate of drug-likeness (QED) is 0.486. The van der Waals surface area contributed by atoms with Crippen molar-refractivity contribution in [3.05, 3.63) is 35.4 Å². The SMILES string of the molecule is CCOC(=O)c1ccc(CNC(=NC)N2CCC(OCC)CC2)cc1. The zero-order valence-corrected chi connectivity index (χ0v) is 15.5. The number of hydrogen-bond donors (Lipinski definition) is 1. The van der Waals surface area contributed by atoms with Crippen molar-refractivity contribution in [2.45, 2.75) is 39.3 Å². The second kappa shape index (κ2) is 10.0. The number of likely N-dealkylation sites (tertiary alicyclic amines) is 1. The van der Waals surface area contributed by atoms with E-state index in [-0.39, 0.29) is 5.97 Å². The number of carbonyl (C=O) groups excluding carboxylic acids is 1. The molecule has 1 aliphatic rings. The summed E-state index contributed by atoms with van der Waals surface area (Å²) in [5, 5.41) is 3.40. The summed E-state index contributed by atoms with van der Waals surface area (Å²) < 4.78 is 10.7. The first-order chi connectivity index (χ1) is 12.2. The van der Waals surface area contributed by atoms with Crippen LogP contribution in [0.1, 0.15) is 42.6 Å². The second-order valence-electron chi connectivity index (χ2n) is 5.96. The van der Waals surface area contributed by atoms with Crippen molar-refractivity contribution in [2.24, 2.45) is 4.99 Å². The maximum atomic E-state index is 11.7. The highest BCUT2D eigenvalue weighted by atomic mass is 16.5. The highest BCUT2D eigenvalue weighted by Crippen LogP contribution is 2.14. The Labute approximate surface area is 150 Å². The number of esters is 1. The molecule has 1 heterocycles. The van der Waals surface area contributed by atoms with Gasteiger partial charge in [0.15, 0.2) is 5.96 Å². The number of rotatable bonds is 6. The summed E-state index contributed by atoms with van der Waals surface area (Å²) in [5.74, 6) is 0.624. The van der Waals surface area contributed by atoms with Crippen LogP contribution in [-0.4, -0.2) is 56.3 Å². The second-order valence-corrected chi connectivity index (χ2v) is 5.96. The maximum absolute atomic E-state index is 11.7. The normalized spacial score (nSPS) is 16.0. The molecule has 0 atom stereocenters. The summed E-state index contributed by atoms with van der Waals surface area (Å²) in [6.07, 6.45) is 2.43. The molecule has 0 aromatic heterocycles. The smallest absolute Gasteiger partial charge is 0.338 e. The summed E-state index contributed by atoms with van der Waals surface area (Å²) in [7, 11) is 1.81. The number of aliphatic imine (C=N–C) groups is 1. The molecule has 1 N–H and O–H groups in total. The number of guanidine groups is 1. The molecule has 25 heavy (non-hydrogen) atoms. The third kappa shape index (κ3) is 5.74. The lowest BCUT2D eigenvalue weighted by Gasteiger charge is -2.34. The van der Waals surface area contributed by atoms with Gasteiger partial charge in [-0.3, -0.25) is 4.99 Å². The van der Waals surface area contributed by atoms with Crippen molar-refractivity contribution < 1.29 is 14.3 Å². The monoisotopic (exact) mass is 347 g/mol. The van der Waals surface area contributed by atoms with Crippen molar-refractivity contribution in [3.8, 4) is 0 Å². The molecule has 1 saturated heterocycles. The standard InChI is InChI=1S/C19H29N3O3/c1-4-24-17-10-12-22(13-11-17)19(20-3)21-14-15-6-8-16(9-7-15)18(23)25-5-2/h6-9,17H,4-5,10-14H2,1-3H3,(H,20,21). The number of piperidine rings is 1. The molecule has 138 valence electrons. The molecule has 1 aliphatic heterocycles. The number of ether oxygens (including phenoxy) is 2. The van der Waals surface area contributed by atoms with E-state index in [1.165, 1.54) is 0 Å². The van der Waals surface area contributed by atoms with Gasteiger partial charge in [0.2, 0.25) is 0 Å². The lowest BCUT2D eigenvalue weighted by Crippen LogP contribution is -2.46. The summed E-state index contributed by atoms with van der Waals surface area (Å²) in [6, 6.07) is 7.47. The fourth-order valence-electron chi connectivity index (χ4n) is 2.96. The van der Waals surface area contributed by atoms with Gasteiger partial charge in [-0.1, -0.05) is 12.1 Å². The third-order valence-electron chi connectivity index (χ3n) is 4.27. The first-order valence-electron chi connectivity index (χ1n) is 9.01. The third-order valence-corrected chi connectivity index (χ3v) is 4.27. The van der Waals surface area contributed by atoms with Crippen molar-refractivity contribution in [2.75, 3.05) is 33.4 Å². The van der Waals surface area contributed by atoms with Gasteiger partial charge in [-0.05, 0) is 44.4 Å². The van der Waals surface area contributed by atoms with Crippen LogP contribution in [0.5, 0.6) is 0 Å². The average Bonchev–Trinajstić information content (AvgIpc) is 2.64. The van der Waals surface area contributed by atoms with Crippen LogP contribution in [0.25, 0.3) is 0 Å². The fraction of sp³-hybridized carbons (Fsp3) is 0.579. The Morgan fingerprint density at radius 1 is 1.20 bits per heavy atom. The van der Waals surface area contributed by atoms with E-state index in [9.17, 15) is 4.79 Å². The van der Waals surface area contributed by atoms with Crippen LogP contribution in [0.3, 0.4) is 0 Å². The molecule has 0 bridgehead atoms. The van der Waals surface area contributed by atoms with Gasteiger partial charge in [0, 0.05) is 33.3 Å². The van der Waals surface area contributed by atoms with Crippen LogP contribution < -0.4 is 5.32 Å². The largest absolute Gasteiger partial charge is 0.462 e. The molecule has 1 fully saturated rings. The predicted molar refractivity (Wildman–Crippen MR) is 98.8 cm³/mol. The number of nitrogens with zero attached hydrogens (tertiary/aromatic N) is 2. The van der Waals surface area contributed by atoms with Crippen molar-refractivity contribution in [3.63, 3.8) is 0 Å². The van der Waals surface area contributed by atoms with Crippen molar-refractivity contribution in [1.82, 2.24) is 10.2 Å². The van der Waals surface area contributed by atoms with Gasteiger partial charge in [0.05, 0.1) is 18.3 Å². The molecule has 0 radical (unpaired) electrons. The minimum atomic E-state index is -0.282. The van der Waals surface area contributed by atoms with E-state index < -0.39 is 0 Å². The van der Waals surface area contributed by atoms with Crippen LogP contribution in [-0.2, 0) is 16.0 Å². The van der Waals surface area contributed by atoms with Crippen LogP contribution in [0.2, 0.25) is 0 Å². The van der Waals surface area contributed by atoms with E-state index in [4.69, 9.17) is 9.47 Å². The molecule has 2 rings (SSSR count). The number of nitrogens with one attached hydrogen (secondary N) is 1. The van der Waals surface area contributed by atoms with Crippen molar-refractivity contribution in [1.29, 1.82) is 0 Å². The molecule has 0 spiro atoms. The fourth-order valence-corrected chi connectivity index (χ4v) is 2.96. The molecule has 0 aliphatic carbocycles. The van der Waals surface area contributed by atoms with Gasteiger partial charge in [0.1, 0.15) is 0 Å². The predicted octanol–water partition coefficient (Wildman–Crippen LogP) is 2.44. The van der Waals surface area contributed by atoms with E-state index in [2.05, 4.69) is 15.2 Å². The lowest BCUT2D eigenvalue weighted by molar-refractivity contribution is 0.0263. The van der Waals surface area contributed by atoms with Gasteiger partial charge < -0.3 is 19.7 Å². The molecule has 0 amide bonds. The Hall–Kier alpha value is -2.08. The van der Waals surface area contributed by atoms with Gasteiger partial charge in [-0.2, -0.15) is 0 Å². The highest BCUT2D eigenvalue weighted by Gasteiger charge is 2.21. The zero-order chi connectivity index (χ0) is 18.1. The number of benzene rings is 1. The Bertz CT molecular complexity index is 564. The number of carbonyl (C=O) groups is 1. The average molecular weight is 347 g/mol. The Morgan fingerprint density at radius 3 is 2.44 bits per heavy atom. The number of hydrogen-bond acceptors (Lipinski definition) is 4. The summed E-state index contributed by atoms with van der Waals surface area (Å²) in [4.78, 5) is 18.3. The molecule has 0 unspecified atom stereocenters. The minimum absolute atomic E-state index is 0.282. The van der Waals surface area contributed by atoms with E-state index >= 15 is 0 Å². The van der Waals surface area contributed by atoms with E-state index in [0.29, 0.717) is 24.8 Å². The van der Waals surface area contributed by atoms with E-state index in [0.717, 1.165) is 44.1 Å². The molecule has 1 aromatic rings. The first-order valence-corrected chi connectivity index (χ1v) is 9.01. The van der Waals surface area contributed by atoms with Crippen LogP contribution >= 0.6 is 0 Å². The van der Waals surface area contributed by atoms with E-state index in [1.807, 2.05) is 19.1 Å². The molecule has 0 saturated carbocycles. The topological polar surface area (TPSA) is 63.2 Å². The van der Waals surface area contributed by atoms with Crippen LogP contribution in [0, 0.1) is 0 Å². The Balaban J connectivity index is 1.84. The molecule has 6 nitrogen and oxygen atoms in total. The first kappa shape index (κ1) is 19.2. The highest BCUT2D eigenvalue weighted by molar-refractivity contribution is 5.89. The lowest BCUT2D eigenvalue weighted by atomic mass is 10.1. The summed E-state index contributed by atoms with van der Waals surface area (Å²) >= 11 is 0. The Morgan fingerprint density at radius 2 is 1.88 bits per heavy atom. The summed E-state index contributed by atoms with van der Waals surface area (Å²) in [5.41, 5.74) is 1.67. The molecular formula is C19H29N3O3. The van der Waals surface area contributed by atoms with Crippen LogP contribution in [0.4, 0.5) is 0 Å². The van der Waals surface area contributed by atoms with Gasteiger partial charge in [-0.15, -0.1) is 0 Å². The van der Waals surface area contributed by atoms with Crippen LogP contribution in [0.15, 0.2) is 29.3 Å². The minimum Gasteiger partial charge on any atom is -0.462 e. The molecular weight excluding hydrogens is 318 g/mol. The van der Waals surface area contributed by atoms with Gasteiger partial charge in [-0.25, -0.2) is 4.79 Å². The zero-order valence-electron chi connectivity index (χ0n) is 15.5. The molecule has 6 heteroatoms.